The number of fused-ring (bicyclic) bond motifs is 1. The molecule has 0 spiro atoms. The summed E-state index contributed by atoms with van der Waals surface area (Å²) in [4.78, 5) is 24.2. The highest BCUT2D eigenvalue weighted by molar-refractivity contribution is 6.39. The van der Waals surface area contributed by atoms with Crippen molar-refractivity contribution in [3.63, 3.8) is 0 Å². The Hall–Kier alpha value is -3.02. The standard InChI is InChI=1S/C19H20N2O4/c1-12-7-3-4-8-14(12)21-19(23)18(22)20-13(2)17-11-24-15-9-5-6-10-16(15)25-17/h3-10,13,17H,11H2,1-2H3,(H,20,22)(H,21,23). The van der Waals surface area contributed by atoms with Crippen LogP contribution >= 0.6 is 0 Å². The molecule has 0 bridgehead atoms. The van der Waals surface area contributed by atoms with Crippen molar-refractivity contribution in [2.24, 2.45) is 0 Å². The van der Waals surface area contributed by atoms with Crippen LogP contribution in [0.25, 0.3) is 0 Å². The summed E-state index contributed by atoms with van der Waals surface area (Å²) in [7, 11) is 0. The van der Waals surface area contributed by atoms with Gasteiger partial charge in [0.25, 0.3) is 0 Å². The van der Waals surface area contributed by atoms with Crippen molar-refractivity contribution in [3.8, 4) is 11.5 Å². The number of amides is 2. The van der Waals surface area contributed by atoms with Crippen LogP contribution in [-0.2, 0) is 9.59 Å². The lowest BCUT2D eigenvalue weighted by molar-refractivity contribution is -0.137. The summed E-state index contributed by atoms with van der Waals surface area (Å²) in [5, 5.41) is 5.27. The molecular formula is C19H20N2O4. The molecule has 25 heavy (non-hydrogen) atoms. The molecule has 1 aliphatic heterocycles. The van der Waals surface area contributed by atoms with Gasteiger partial charge in [0.2, 0.25) is 0 Å². The topological polar surface area (TPSA) is 76.7 Å². The fourth-order valence-corrected chi connectivity index (χ4v) is 2.54. The molecule has 130 valence electrons. The van der Waals surface area contributed by atoms with E-state index in [0.717, 1.165) is 5.56 Å². The fraction of sp³-hybridized carbons (Fsp3) is 0.263. The van der Waals surface area contributed by atoms with Crippen LogP contribution in [0.1, 0.15) is 12.5 Å². The summed E-state index contributed by atoms with van der Waals surface area (Å²) in [6.07, 6.45) is -0.370. The molecule has 0 radical (unpaired) electrons. The first-order valence-electron chi connectivity index (χ1n) is 8.10. The molecule has 2 unspecified atom stereocenters. The summed E-state index contributed by atoms with van der Waals surface area (Å²) in [5.74, 6) is -0.115. The van der Waals surface area contributed by atoms with Gasteiger partial charge in [0.15, 0.2) is 17.6 Å². The zero-order valence-corrected chi connectivity index (χ0v) is 14.1. The molecule has 2 amide bonds. The number of rotatable bonds is 3. The van der Waals surface area contributed by atoms with Gasteiger partial charge in [0.1, 0.15) is 6.61 Å². The Labute approximate surface area is 146 Å². The molecule has 1 heterocycles. The number of anilines is 1. The molecule has 0 aromatic heterocycles. The van der Waals surface area contributed by atoms with E-state index in [9.17, 15) is 9.59 Å². The molecule has 2 aromatic rings. The quantitative estimate of drug-likeness (QED) is 0.841. The maximum Gasteiger partial charge on any atom is 0.313 e. The minimum atomic E-state index is -0.710. The molecule has 1 aliphatic rings. The number of benzene rings is 2. The summed E-state index contributed by atoms with van der Waals surface area (Å²) >= 11 is 0. The van der Waals surface area contributed by atoms with E-state index in [2.05, 4.69) is 10.6 Å². The van der Waals surface area contributed by atoms with Gasteiger partial charge < -0.3 is 20.1 Å². The SMILES string of the molecule is Cc1ccccc1NC(=O)C(=O)NC(C)C1COc2ccccc2O1. The maximum absolute atomic E-state index is 12.1. The third kappa shape index (κ3) is 3.91. The summed E-state index contributed by atoms with van der Waals surface area (Å²) in [5.41, 5.74) is 1.50. The molecule has 2 atom stereocenters. The highest BCUT2D eigenvalue weighted by Gasteiger charge is 2.28. The molecule has 6 nitrogen and oxygen atoms in total. The number of carbonyl (C=O) groups is 2. The zero-order valence-electron chi connectivity index (χ0n) is 14.1. The van der Waals surface area contributed by atoms with Crippen LogP contribution in [-0.4, -0.2) is 30.6 Å². The molecular weight excluding hydrogens is 320 g/mol. The molecule has 0 aliphatic carbocycles. The lowest BCUT2D eigenvalue weighted by Gasteiger charge is -2.30. The molecule has 0 saturated heterocycles. The van der Waals surface area contributed by atoms with Crippen molar-refractivity contribution in [1.29, 1.82) is 0 Å². The second kappa shape index (κ2) is 7.25. The van der Waals surface area contributed by atoms with Crippen molar-refractivity contribution < 1.29 is 19.1 Å². The van der Waals surface area contributed by atoms with Gasteiger partial charge in [-0.15, -0.1) is 0 Å². The van der Waals surface area contributed by atoms with Crippen LogP contribution in [0.4, 0.5) is 5.69 Å². The average Bonchev–Trinajstić information content (AvgIpc) is 2.63. The minimum absolute atomic E-state index is 0.303. The van der Waals surface area contributed by atoms with E-state index in [1.54, 1.807) is 25.1 Å². The molecule has 3 rings (SSSR count). The van der Waals surface area contributed by atoms with Crippen LogP contribution in [0.2, 0.25) is 0 Å². The van der Waals surface area contributed by atoms with E-state index >= 15 is 0 Å². The lowest BCUT2D eigenvalue weighted by atomic mass is 10.1. The fourth-order valence-electron chi connectivity index (χ4n) is 2.54. The van der Waals surface area contributed by atoms with Crippen molar-refractivity contribution in [2.75, 3.05) is 11.9 Å². The Morgan fingerprint density at radius 1 is 1.04 bits per heavy atom. The van der Waals surface area contributed by atoms with Crippen LogP contribution in [0.5, 0.6) is 11.5 Å². The number of para-hydroxylation sites is 3. The number of ether oxygens (including phenoxy) is 2. The van der Waals surface area contributed by atoms with Gasteiger partial charge in [-0.3, -0.25) is 9.59 Å². The number of hydrogen-bond donors (Lipinski definition) is 2. The summed E-state index contributed by atoms with van der Waals surface area (Å²) in [6.45, 7) is 3.94. The van der Waals surface area contributed by atoms with Gasteiger partial charge in [-0.05, 0) is 37.6 Å². The van der Waals surface area contributed by atoms with E-state index in [0.29, 0.717) is 23.8 Å². The normalized spacial score (nSPS) is 16.6. The Kier molecular flexibility index (Phi) is 4.88. The van der Waals surface area contributed by atoms with Crippen LogP contribution in [0.3, 0.4) is 0 Å². The second-order valence-corrected chi connectivity index (χ2v) is 5.95. The lowest BCUT2D eigenvalue weighted by Crippen LogP contribution is -2.50. The number of carbonyl (C=O) groups excluding carboxylic acids is 2. The van der Waals surface area contributed by atoms with Gasteiger partial charge >= 0.3 is 11.8 Å². The Morgan fingerprint density at radius 2 is 1.72 bits per heavy atom. The smallest absolute Gasteiger partial charge is 0.313 e. The summed E-state index contributed by atoms with van der Waals surface area (Å²) < 4.78 is 11.5. The van der Waals surface area contributed by atoms with E-state index in [-0.39, 0.29) is 12.1 Å². The van der Waals surface area contributed by atoms with E-state index in [4.69, 9.17) is 9.47 Å². The zero-order chi connectivity index (χ0) is 17.8. The van der Waals surface area contributed by atoms with Crippen LogP contribution in [0.15, 0.2) is 48.5 Å². The van der Waals surface area contributed by atoms with Gasteiger partial charge in [0, 0.05) is 5.69 Å². The van der Waals surface area contributed by atoms with Crippen molar-refractivity contribution in [3.05, 3.63) is 54.1 Å². The first kappa shape index (κ1) is 16.8. The largest absolute Gasteiger partial charge is 0.486 e. The van der Waals surface area contributed by atoms with E-state index < -0.39 is 11.8 Å². The minimum Gasteiger partial charge on any atom is -0.486 e. The average molecular weight is 340 g/mol. The van der Waals surface area contributed by atoms with E-state index in [1.165, 1.54) is 0 Å². The highest BCUT2D eigenvalue weighted by Crippen LogP contribution is 2.31. The first-order valence-corrected chi connectivity index (χ1v) is 8.10. The monoisotopic (exact) mass is 340 g/mol. The van der Waals surface area contributed by atoms with Gasteiger partial charge in [-0.1, -0.05) is 30.3 Å². The molecule has 2 aromatic carbocycles. The molecule has 2 N–H and O–H groups in total. The van der Waals surface area contributed by atoms with Crippen LogP contribution in [0, 0.1) is 6.92 Å². The number of hydrogen-bond acceptors (Lipinski definition) is 4. The van der Waals surface area contributed by atoms with Crippen molar-refractivity contribution >= 4 is 17.5 Å². The second-order valence-electron chi connectivity index (χ2n) is 5.95. The van der Waals surface area contributed by atoms with Crippen molar-refractivity contribution in [1.82, 2.24) is 5.32 Å². The number of aryl methyl sites for hydroxylation is 1. The third-order valence-corrected chi connectivity index (χ3v) is 4.05. The predicted octanol–water partition coefficient (Wildman–Crippen LogP) is 2.28. The van der Waals surface area contributed by atoms with Crippen molar-refractivity contribution in [2.45, 2.75) is 26.0 Å². The molecule has 0 saturated carbocycles. The van der Waals surface area contributed by atoms with Gasteiger partial charge in [-0.25, -0.2) is 0 Å². The maximum atomic E-state index is 12.1. The van der Waals surface area contributed by atoms with Gasteiger partial charge in [0.05, 0.1) is 6.04 Å². The first-order chi connectivity index (χ1) is 12.0. The molecule has 6 heteroatoms. The Bertz CT molecular complexity index is 790. The Balaban J connectivity index is 1.57. The molecule has 0 fully saturated rings. The van der Waals surface area contributed by atoms with Crippen LogP contribution < -0.4 is 20.1 Å². The third-order valence-electron chi connectivity index (χ3n) is 4.05. The van der Waals surface area contributed by atoms with Gasteiger partial charge in [-0.2, -0.15) is 0 Å². The number of nitrogens with one attached hydrogen (secondary N) is 2. The predicted molar refractivity (Wildman–Crippen MR) is 93.8 cm³/mol. The summed E-state index contributed by atoms with van der Waals surface area (Å²) in [6, 6.07) is 14.2. The highest BCUT2D eigenvalue weighted by atomic mass is 16.6. The van der Waals surface area contributed by atoms with E-state index in [1.807, 2.05) is 37.3 Å². The Morgan fingerprint density at radius 3 is 2.48 bits per heavy atom.